The highest BCUT2D eigenvalue weighted by molar-refractivity contribution is 6.02. The summed E-state index contributed by atoms with van der Waals surface area (Å²) in [6.45, 7) is 0. The molecular weight excluding hydrogens is 184 g/mol. The molecule has 0 atom stereocenters. The Labute approximate surface area is 81.8 Å². The van der Waals surface area contributed by atoms with E-state index in [0.717, 1.165) is 0 Å². The summed E-state index contributed by atoms with van der Waals surface area (Å²) in [5.41, 5.74) is 0.534. The third-order valence-corrected chi connectivity index (χ3v) is 1.27. The Balaban J connectivity index is 0.000000500. The van der Waals surface area contributed by atoms with Crippen molar-refractivity contribution in [2.45, 2.75) is 6.42 Å². The van der Waals surface area contributed by atoms with Crippen LogP contribution in [0.2, 0.25) is 0 Å². The predicted molar refractivity (Wildman–Crippen MR) is 50.4 cm³/mol. The third kappa shape index (κ3) is 5.13. The largest absolute Gasteiger partial charge is 0.308 e. The Morgan fingerprint density at radius 2 is 2.07 bits per heavy atom. The van der Waals surface area contributed by atoms with Crippen LogP contribution < -0.4 is 5.90 Å². The molecule has 2 N–H and O–H groups in total. The maximum Gasteiger partial charge on any atom is 0.170 e. The molecule has 1 aromatic heterocycles. The standard InChI is InChI=1S/C8H7NO2.CH5NO/c10-6-3-8(11)7-1-4-9-5-2-7;1-3-2/h1-2,4-6H,3H2;2H2,1H3. The molecule has 0 saturated carbocycles. The van der Waals surface area contributed by atoms with Crippen LogP contribution in [0, 0.1) is 0 Å². The molecule has 0 amide bonds. The summed E-state index contributed by atoms with van der Waals surface area (Å²) < 4.78 is 0. The predicted octanol–water partition coefficient (Wildman–Crippen LogP) is 0.360. The van der Waals surface area contributed by atoms with Gasteiger partial charge in [-0.2, -0.15) is 0 Å². The number of nitrogens with zero attached hydrogens (tertiary/aromatic N) is 1. The summed E-state index contributed by atoms with van der Waals surface area (Å²) in [5, 5.41) is 0. The Kier molecular flexibility index (Phi) is 7.12. The molecule has 0 bridgehead atoms. The molecule has 1 rings (SSSR count). The summed E-state index contributed by atoms with van der Waals surface area (Å²) >= 11 is 0. The highest BCUT2D eigenvalue weighted by atomic mass is 16.6. The van der Waals surface area contributed by atoms with Crippen molar-refractivity contribution < 1.29 is 14.4 Å². The molecular formula is C9H12N2O3. The molecule has 0 unspecified atom stereocenters. The Morgan fingerprint density at radius 3 is 2.50 bits per heavy atom. The van der Waals surface area contributed by atoms with Crippen LogP contribution in [0.25, 0.3) is 0 Å². The van der Waals surface area contributed by atoms with Crippen LogP contribution >= 0.6 is 0 Å². The number of aldehydes is 1. The van der Waals surface area contributed by atoms with Gasteiger partial charge in [-0.3, -0.25) is 9.78 Å². The summed E-state index contributed by atoms with van der Waals surface area (Å²) in [4.78, 5) is 28.4. The van der Waals surface area contributed by atoms with Gasteiger partial charge in [0.2, 0.25) is 0 Å². The molecule has 0 spiro atoms. The second-order valence-electron chi connectivity index (χ2n) is 2.27. The van der Waals surface area contributed by atoms with Crippen LogP contribution in [0.1, 0.15) is 16.8 Å². The fourth-order valence-corrected chi connectivity index (χ4v) is 0.731. The van der Waals surface area contributed by atoms with E-state index in [9.17, 15) is 9.59 Å². The van der Waals surface area contributed by atoms with E-state index in [0.29, 0.717) is 11.8 Å². The van der Waals surface area contributed by atoms with Gasteiger partial charge < -0.3 is 9.63 Å². The van der Waals surface area contributed by atoms with Crippen LogP contribution in [0.3, 0.4) is 0 Å². The molecule has 0 saturated heterocycles. The second-order valence-corrected chi connectivity index (χ2v) is 2.27. The lowest BCUT2D eigenvalue weighted by molar-refractivity contribution is -0.107. The van der Waals surface area contributed by atoms with E-state index in [2.05, 4.69) is 15.7 Å². The van der Waals surface area contributed by atoms with E-state index in [1.807, 2.05) is 0 Å². The Morgan fingerprint density at radius 1 is 1.57 bits per heavy atom. The zero-order valence-electron chi connectivity index (χ0n) is 7.84. The van der Waals surface area contributed by atoms with Crippen molar-refractivity contribution in [2.75, 3.05) is 7.11 Å². The van der Waals surface area contributed by atoms with E-state index in [1.165, 1.54) is 19.5 Å². The van der Waals surface area contributed by atoms with E-state index in [4.69, 9.17) is 0 Å². The highest BCUT2D eigenvalue weighted by Crippen LogP contribution is 1.98. The van der Waals surface area contributed by atoms with Crippen LogP contribution in [-0.4, -0.2) is 24.2 Å². The molecule has 0 aliphatic carbocycles. The van der Waals surface area contributed by atoms with E-state index in [1.54, 1.807) is 12.1 Å². The van der Waals surface area contributed by atoms with Gasteiger partial charge in [-0.1, -0.05) is 0 Å². The molecule has 5 nitrogen and oxygen atoms in total. The summed E-state index contributed by atoms with van der Waals surface area (Å²) in [6, 6.07) is 3.18. The van der Waals surface area contributed by atoms with Crippen LogP contribution in [0.4, 0.5) is 0 Å². The number of ketones is 1. The normalized spacial score (nSPS) is 8.43. The summed E-state index contributed by atoms with van der Waals surface area (Å²) in [7, 11) is 1.40. The van der Waals surface area contributed by atoms with Gasteiger partial charge in [0.25, 0.3) is 0 Å². The van der Waals surface area contributed by atoms with Crippen molar-refractivity contribution in [1.82, 2.24) is 4.98 Å². The molecule has 0 aliphatic heterocycles. The van der Waals surface area contributed by atoms with Gasteiger partial charge in [0.05, 0.1) is 13.5 Å². The van der Waals surface area contributed by atoms with Crippen molar-refractivity contribution in [1.29, 1.82) is 0 Å². The minimum Gasteiger partial charge on any atom is -0.308 e. The first-order valence-electron chi connectivity index (χ1n) is 3.86. The van der Waals surface area contributed by atoms with Crippen LogP contribution in [0.5, 0.6) is 0 Å². The first-order valence-corrected chi connectivity index (χ1v) is 3.86. The van der Waals surface area contributed by atoms with Gasteiger partial charge in [-0.05, 0) is 12.1 Å². The van der Waals surface area contributed by atoms with Crippen molar-refractivity contribution >= 4 is 12.1 Å². The van der Waals surface area contributed by atoms with E-state index >= 15 is 0 Å². The quantitative estimate of drug-likeness (QED) is 0.326. The zero-order valence-corrected chi connectivity index (χ0v) is 7.84. The Hall–Kier alpha value is -1.59. The molecule has 1 heterocycles. The van der Waals surface area contributed by atoms with Crippen LogP contribution in [0.15, 0.2) is 24.5 Å². The lowest BCUT2D eigenvalue weighted by Gasteiger charge is -1.92. The maximum absolute atomic E-state index is 11.0. The lowest BCUT2D eigenvalue weighted by atomic mass is 10.1. The number of hydrogen-bond donors (Lipinski definition) is 1. The number of Topliss-reactive ketones (excluding diaryl/α,β-unsaturated/α-hetero) is 1. The minimum atomic E-state index is -0.164. The molecule has 0 aliphatic rings. The van der Waals surface area contributed by atoms with Gasteiger partial charge >= 0.3 is 0 Å². The monoisotopic (exact) mass is 196 g/mol. The van der Waals surface area contributed by atoms with Crippen molar-refractivity contribution in [3.63, 3.8) is 0 Å². The third-order valence-electron chi connectivity index (χ3n) is 1.27. The average Bonchev–Trinajstić information content (AvgIpc) is 2.21. The number of nitrogens with two attached hydrogens (primary N) is 1. The van der Waals surface area contributed by atoms with Gasteiger partial charge in [0.1, 0.15) is 6.29 Å². The van der Waals surface area contributed by atoms with Gasteiger partial charge in [0.15, 0.2) is 5.78 Å². The lowest BCUT2D eigenvalue weighted by Crippen LogP contribution is -1.98. The number of pyridine rings is 1. The highest BCUT2D eigenvalue weighted by Gasteiger charge is 2.02. The van der Waals surface area contributed by atoms with Gasteiger partial charge in [0, 0.05) is 18.0 Å². The van der Waals surface area contributed by atoms with Crippen LogP contribution in [-0.2, 0) is 9.63 Å². The van der Waals surface area contributed by atoms with E-state index < -0.39 is 0 Å². The zero-order chi connectivity index (χ0) is 10.8. The van der Waals surface area contributed by atoms with Gasteiger partial charge in [-0.15, -0.1) is 0 Å². The Bertz CT molecular complexity index is 275. The summed E-state index contributed by atoms with van der Waals surface area (Å²) in [6.07, 6.45) is 3.60. The average molecular weight is 196 g/mol. The molecule has 76 valence electrons. The van der Waals surface area contributed by atoms with Crippen molar-refractivity contribution in [3.05, 3.63) is 30.1 Å². The number of hydrogen-bond acceptors (Lipinski definition) is 5. The SMILES string of the molecule is CON.O=CCC(=O)c1ccncc1. The van der Waals surface area contributed by atoms with Crippen molar-refractivity contribution in [2.24, 2.45) is 5.90 Å². The maximum atomic E-state index is 11.0. The number of aromatic nitrogens is 1. The smallest absolute Gasteiger partial charge is 0.170 e. The fraction of sp³-hybridized carbons (Fsp3) is 0.222. The molecule has 14 heavy (non-hydrogen) atoms. The first-order chi connectivity index (χ1) is 6.76. The van der Waals surface area contributed by atoms with Gasteiger partial charge in [-0.25, -0.2) is 5.90 Å². The minimum absolute atomic E-state index is 0.0516. The molecule has 5 heteroatoms. The first kappa shape index (κ1) is 12.4. The molecule has 0 fully saturated rings. The molecule has 0 radical (unpaired) electrons. The number of carbonyl (C=O) groups is 2. The summed E-state index contributed by atoms with van der Waals surface area (Å²) in [5.74, 6) is 4.18. The topological polar surface area (TPSA) is 82.3 Å². The van der Waals surface area contributed by atoms with E-state index in [-0.39, 0.29) is 12.2 Å². The number of rotatable bonds is 3. The fourth-order valence-electron chi connectivity index (χ4n) is 0.731. The second kappa shape index (κ2) is 8.03. The number of carbonyl (C=O) groups excluding carboxylic acids is 2. The molecule has 1 aromatic rings. The molecule has 0 aromatic carbocycles. The van der Waals surface area contributed by atoms with Crippen molar-refractivity contribution in [3.8, 4) is 0 Å².